The van der Waals surface area contributed by atoms with Crippen molar-refractivity contribution in [2.75, 3.05) is 0 Å². The molecule has 2 aliphatic rings. The minimum atomic E-state index is -0.146. The maximum Gasteiger partial charge on any atom is 0.274 e. The first-order valence-corrected chi connectivity index (χ1v) is 2.97. The first kappa shape index (κ1) is 5.34. The van der Waals surface area contributed by atoms with Gasteiger partial charge in [0.2, 0.25) is 0 Å². The molecule has 2 heterocycles. The van der Waals surface area contributed by atoms with Gasteiger partial charge in [-0.2, -0.15) is 5.10 Å². The Balaban J connectivity index is 2.46. The van der Waals surface area contributed by atoms with Crippen LogP contribution in [0.1, 0.15) is 6.42 Å². The minimum Gasteiger partial charge on any atom is -0.268 e. The van der Waals surface area contributed by atoms with Gasteiger partial charge < -0.3 is 0 Å². The largest absolute Gasteiger partial charge is 0.274 e. The van der Waals surface area contributed by atoms with Crippen LogP contribution in [0.2, 0.25) is 0 Å². The van der Waals surface area contributed by atoms with E-state index in [1.807, 2.05) is 0 Å². The van der Waals surface area contributed by atoms with Crippen LogP contribution in [0.25, 0.3) is 0 Å². The highest BCUT2D eigenvalue weighted by molar-refractivity contribution is 6.27. The fourth-order valence-electron chi connectivity index (χ4n) is 0.925. The Bertz CT molecular complexity index is 275. The van der Waals surface area contributed by atoms with Crippen molar-refractivity contribution in [3.63, 3.8) is 0 Å². The molecule has 0 aliphatic carbocycles. The maximum atomic E-state index is 10.8. The number of hydrogen-bond acceptors (Lipinski definition) is 3. The summed E-state index contributed by atoms with van der Waals surface area (Å²) in [6, 6.07) is 0. The summed E-state index contributed by atoms with van der Waals surface area (Å²) in [6.45, 7) is 0. The van der Waals surface area contributed by atoms with Crippen molar-refractivity contribution in [1.29, 1.82) is 0 Å². The van der Waals surface area contributed by atoms with Crippen LogP contribution in [0.3, 0.4) is 0 Å². The Hall–Kier alpha value is -1.45. The molecule has 0 saturated heterocycles. The van der Waals surface area contributed by atoms with Crippen molar-refractivity contribution < 1.29 is 4.79 Å². The van der Waals surface area contributed by atoms with Gasteiger partial charge in [-0.15, -0.1) is 0 Å². The van der Waals surface area contributed by atoms with Crippen LogP contribution >= 0.6 is 0 Å². The molecule has 0 aromatic carbocycles. The molecule has 2 aliphatic heterocycles. The summed E-state index contributed by atoms with van der Waals surface area (Å²) in [5.41, 5.74) is 3.75. The molecule has 1 amide bonds. The summed E-state index contributed by atoms with van der Waals surface area (Å²) < 4.78 is 0. The molecule has 0 unspecified atom stereocenters. The molecule has 0 aromatic heterocycles. The van der Waals surface area contributed by atoms with Gasteiger partial charge in [-0.05, 0) is 0 Å². The predicted octanol–water partition coefficient (Wildman–Crippen LogP) is -0.169. The molecule has 4 nitrogen and oxygen atoms in total. The highest BCUT2D eigenvalue weighted by atomic mass is 16.2. The van der Waals surface area contributed by atoms with E-state index in [-0.39, 0.29) is 5.91 Å². The van der Waals surface area contributed by atoms with E-state index in [0.717, 1.165) is 5.71 Å². The van der Waals surface area contributed by atoms with Gasteiger partial charge in [-0.3, -0.25) is 9.79 Å². The Labute approximate surface area is 57.3 Å². The van der Waals surface area contributed by atoms with Crippen molar-refractivity contribution in [3.8, 4) is 0 Å². The Kier molecular flexibility index (Phi) is 0.943. The molecular weight excluding hydrogens is 130 g/mol. The molecule has 4 heteroatoms. The van der Waals surface area contributed by atoms with Gasteiger partial charge in [0.1, 0.15) is 0 Å². The Morgan fingerprint density at radius 1 is 1.60 bits per heavy atom. The number of amides is 1. The number of hydrogen-bond donors (Lipinski definition) is 1. The van der Waals surface area contributed by atoms with Crippen LogP contribution in [-0.4, -0.2) is 17.8 Å². The lowest BCUT2D eigenvalue weighted by Crippen LogP contribution is -2.14. The second-order valence-corrected chi connectivity index (χ2v) is 2.08. The zero-order chi connectivity index (χ0) is 6.97. The number of carbonyl (C=O) groups excluding carboxylic acids is 1. The van der Waals surface area contributed by atoms with Gasteiger partial charge in [-0.25, -0.2) is 5.43 Å². The van der Waals surface area contributed by atoms with E-state index in [1.165, 1.54) is 6.20 Å². The fraction of sp³-hybridized carbons (Fsp3) is 0.167. The first-order valence-electron chi connectivity index (χ1n) is 2.97. The summed E-state index contributed by atoms with van der Waals surface area (Å²) in [5.74, 6) is -0.146. The third kappa shape index (κ3) is 0.586. The summed E-state index contributed by atoms with van der Waals surface area (Å²) in [7, 11) is 0. The lowest BCUT2D eigenvalue weighted by Gasteiger charge is -1.98. The molecule has 0 radical (unpaired) electrons. The lowest BCUT2D eigenvalue weighted by atomic mass is 10.1. The minimum absolute atomic E-state index is 0.146. The van der Waals surface area contributed by atoms with E-state index < -0.39 is 0 Å². The van der Waals surface area contributed by atoms with Crippen molar-refractivity contribution in [2.45, 2.75) is 6.42 Å². The molecule has 1 N–H and O–H groups in total. The van der Waals surface area contributed by atoms with Gasteiger partial charge in [0, 0.05) is 18.8 Å². The van der Waals surface area contributed by atoms with Crippen LogP contribution in [0.5, 0.6) is 0 Å². The molecular formula is C6H5N3O. The normalized spacial score (nSPS) is 21.4. The van der Waals surface area contributed by atoms with Crippen LogP contribution in [0.15, 0.2) is 21.9 Å². The maximum absolute atomic E-state index is 10.8. The predicted molar refractivity (Wildman–Crippen MR) is 36.8 cm³/mol. The van der Waals surface area contributed by atoms with Gasteiger partial charge in [-0.1, -0.05) is 0 Å². The van der Waals surface area contributed by atoms with Crippen molar-refractivity contribution >= 4 is 17.8 Å². The van der Waals surface area contributed by atoms with E-state index in [1.54, 1.807) is 6.21 Å². The average Bonchev–Trinajstić information content (AvgIpc) is 2.34. The van der Waals surface area contributed by atoms with E-state index in [0.29, 0.717) is 12.0 Å². The topological polar surface area (TPSA) is 53.8 Å². The molecule has 0 spiro atoms. The quantitative estimate of drug-likeness (QED) is 0.492. The van der Waals surface area contributed by atoms with Crippen LogP contribution in [0.4, 0.5) is 0 Å². The van der Waals surface area contributed by atoms with Crippen molar-refractivity contribution in [2.24, 2.45) is 10.1 Å². The Morgan fingerprint density at radius 2 is 2.50 bits per heavy atom. The summed E-state index contributed by atoms with van der Waals surface area (Å²) >= 11 is 0. The smallest absolute Gasteiger partial charge is 0.268 e. The van der Waals surface area contributed by atoms with Gasteiger partial charge in [0.15, 0.2) is 0 Å². The monoisotopic (exact) mass is 135 g/mol. The summed E-state index contributed by atoms with van der Waals surface area (Å²) in [5, 5.41) is 3.80. The number of rotatable bonds is 0. The molecule has 10 heavy (non-hydrogen) atoms. The van der Waals surface area contributed by atoms with E-state index in [2.05, 4.69) is 15.5 Å². The Morgan fingerprint density at radius 3 is 3.30 bits per heavy atom. The molecule has 0 atom stereocenters. The van der Waals surface area contributed by atoms with Gasteiger partial charge in [0.25, 0.3) is 5.91 Å². The lowest BCUT2D eigenvalue weighted by molar-refractivity contribution is -0.116. The molecule has 0 bridgehead atoms. The number of nitrogens with one attached hydrogen (secondary N) is 1. The number of hydrazone groups is 1. The standard InChI is InChI=1S/C6H5N3O/c10-6-4-3-7-2-1-5(4)8-9-6/h2-3H,1H2,(H,9,10). The SMILES string of the molecule is O=C1NN=C2CC=NC=C12. The van der Waals surface area contributed by atoms with Crippen molar-refractivity contribution in [3.05, 3.63) is 11.8 Å². The van der Waals surface area contributed by atoms with Crippen LogP contribution < -0.4 is 5.43 Å². The molecule has 0 aromatic rings. The van der Waals surface area contributed by atoms with Crippen LogP contribution in [0, 0.1) is 0 Å². The summed E-state index contributed by atoms with van der Waals surface area (Å²) in [6.07, 6.45) is 3.91. The van der Waals surface area contributed by atoms with E-state index >= 15 is 0 Å². The van der Waals surface area contributed by atoms with E-state index in [9.17, 15) is 4.79 Å². The number of nitrogens with zero attached hydrogens (tertiary/aromatic N) is 2. The number of carbonyl (C=O) groups is 1. The fourth-order valence-corrected chi connectivity index (χ4v) is 0.925. The zero-order valence-corrected chi connectivity index (χ0v) is 5.16. The number of fused-ring (bicyclic) bond motifs is 1. The highest BCUT2D eigenvalue weighted by Gasteiger charge is 2.22. The molecule has 2 rings (SSSR count). The van der Waals surface area contributed by atoms with Crippen molar-refractivity contribution in [1.82, 2.24) is 5.43 Å². The highest BCUT2D eigenvalue weighted by Crippen LogP contribution is 2.10. The van der Waals surface area contributed by atoms with Crippen LogP contribution in [-0.2, 0) is 4.79 Å². The third-order valence-electron chi connectivity index (χ3n) is 1.44. The summed E-state index contributed by atoms with van der Waals surface area (Å²) in [4.78, 5) is 14.7. The first-order chi connectivity index (χ1) is 4.88. The zero-order valence-electron chi connectivity index (χ0n) is 5.16. The molecule has 50 valence electrons. The van der Waals surface area contributed by atoms with Gasteiger partial charge >= 0.3 is 0 Å². The molecule has 0 saturated carbocycles. The second-order valence-electron chi connectivity index (χ2n) is 2.08. The third-order valence-corrected chi connectivity index (χ3v) is 1.44. The number of aliphatic imine (C=N–C) groups is 1. The van der Waals surface area contributed by atoms with E-state index in [4.69, 9.17) is 0 Å². The second kappa shape index (κ2) is 1.76. The molecule has 0 fully saturated rings. The van der Waals surface area contributed by atoms with Gasteiger partial charge in [0.05, 0.1) is 11.3 Å². The average molecular weight is 135 g/mol.